The highest BCUT2D eigenvalue weighted by Crippen LogP contribution is 2.48. The first-order chi connectivity index (χ1) is 9.66. The molecular formula is C19H35B. The Labute approximate surface area is 127 Å². The maximum absolute atomic E-state index is 2.46. The van der Waals surface area contributed by atoms with Crippen molar-refractivity contribution < 1.29 is 0 Å². The number of hydrogen-bond donors (Lipinski definition) is 0. The minimum Gasteiger partial charge on any atom is -0.0859 e. The summed E-state index contributed by atoms with van der Waals surface area (Å²) in [5.74, 6) is 3.15. The highest BCUT2D eigenvalue weighted by molar-refractivity contribution is 6.62. The summed E-state index contributed by atoms with van der Waals surface area (Å²) in [6.45, 7) is 8.00. The summed E-state index contributed by atoms with van der Waals surface area (Å²) in [4.78, 5) is 0. The lowest BCUT2D eigenvalue weighted by atomic mass is 9.26. The summed E-state index contributed by atoms with van der Waals surface area (Å²) in [5.41, 5.74) is 1.48. The normalized spacial score (nSPS) is 27.2. The van der Waals surface area contributed by atoms with Crippen molar-refractivity contribution in [3.05, 3.63) is 11.6 Å². The van der Waals surface area contributed by atoms with Gasteiger partial charge in [0, 0.05) is 0 Å². The first-order valence-corrected chi connectivity index (χ1v) is 9.30. The Kier molecular flexibility index (Phi) is 6.71. The van der Waals surface area contributed by atoms with Gasteiger partial charge in [0.15, 0.2) is 0 Å². The van der Waals surface area contributed by atoms with Crippen LogP contribution in [0.2, 0.25) is 18.0 Å². The Morgan fingerprint density at radius 1 is 1.05 bits per heavy atom. The fraction of sp³-hybridized carbons (Fsp3) is 0.895. The van der Waals surface area contributed by atoms with Gasteiger partial charge in [-0.25, -0.2) is 0 Å². The predicted molar refractivity (Wildman–Crippen MR) is 92.8 cm³/mol. The highest BCUT2D eigenvalue weighted by atomic mass is 14.2. The third-order valence-electron chi connectivity index (χ3n) is 5.96. The fourth-order valence-electron chi connectivity index (χ4n) is 4.79. The van der Waals surface area contributed by atoms with Crippen LogP contribution >= 0.6 is 0 Å². The van der Waals surface area contributed by atoms with Crippen LogP contribution in [0.25, 0.3) is 0 Å². The second-order valence-electron chi connectivity index (χ2n) is 7.94. The van der Waals surface area contributed by atoms with Crippen molar-refractivity contribution in [2.75, 3.05) is 0 Å². The van der Waals surface area contributed by atoms with E-state index >= 15 is 0 Å². The molecule has 0 N–H and O–H groups in total. The molecule has 0 aromatic carbocycles. The SMILES string of the molecule is CC(C)=CCC[C@@H](C)CCCB1C2CCCC1CCC2. The van der Waals surface area contributed by atoms with Crippen LogP contribution in [0, 0.1) is 5.92 Å². The van der Waals surface area contributed by atoms with Crippen molar-refractivity contribution in [3.8, 4) is 0 Å². The van der Waals surface area contributed by atoms with Crippen LogP contribution < -0.4 is 0 Å². The molecule has 0 aromatic rings. The van der Waals surface area contributed by atoms with Crippen molar-refractivity contribution >= 4 is 6.71 Å². The molecule has 2 bridgehead atoms. The van der Waals surface area contributed by atoms with E-state index in [-0.39, 0.29) is 0 Å². The molecule has 2 aliphatic heterocycles. The smallest absolute Gasteiger partial charge is 0.0859 e. The van der Waals surface area contributed by atoms with Gasteiger partial charge < -0.3 is 0 Å². The molecule has 0 amide bonds. The van der Waals surface area contributed by atoms with Crippen LogP contribution in [-0.4, -0.2) is 6.71 Å². The molecule has 2 fully saturated rings. The average Bonchev–Trinajstić information content (AvgIpc) is 2.38. The molecule has 0 spiro atoms. The molecular weight excluding hydrogens is 239 g/mol. The first-order valence-electron chi connectivity index (χ1n) is 9.30. The molecule has 0 aromatic heterocycles. The Bertz CT molecular complexity index is 281. The van der Waals surface area contributed by atoms with Crippen LogP contribution in [0.3, 0.4) is 0 Å². The Morgan fingerprint density at radius 2 is 1.65 bits per heavy atom. The zero-order valence-corrected chi connectivity index (χ0v) is 14.2. The van der Waals surface area contributed by atoms with Crippen molar-refractivity contribution in [3.63, 3.8) is 0 Å². The lowest BCUT2D eigenvalue weighted by molar-refractivity contribution is 0.435. The van der Waals surface area contributed by atoms with E-state index in [1.54, 1.807) is 32.0 Å². The highest BCUT2D eigenvalue weighted by Gasteiger charge is 2.38. The summed E-state index contributed by atoms with van der Waals surface area (Å²) < 4.78 is 0. The quantitative estimate of drug-likeness (QED) is 0.355. The van der Waals surface area contributed by atoms with Gasteiger partial charge in [-0.2, -0.15) is 0 Å². The Hall–Kier alpha value is -0.195. The number of hydrogen-bond acceptors (Lipinski definition) is 0. The maximum atomic E-state index is 2.46. The van der Waals surface area contributed by atoms with Gasteiger partial charge in [-0.05, 0) is 32.6 Å². The van der Waals surface area contributed by atoms with Crippen LogP contribution in [0.4, 0.5) is 0 Å². The molecule has 0 saturated carbocycles. The van der Waals surface area contributed by atoms with Gasteiger partial charge in [-0.15, -0.1) is 0 Å². The number of rotatable bonds is 7. The lowest BCUT2D eigenvalue weighted by Crippen LogP contribution is -2.34. The average molecular weight is 274 g/mol. The van der Waals surface area contributed by atoms with E-state index in [9.17, 15) is 0 Å². The molecule has 20 heavy (non-hydrogen) atoms. The van der Waals surface area contributed by atoms with E-state index in [0.717, 1.165) is 24.3 Å². The standard InChI is InChI=1S/C19H35B/c1-16(2)8-4-9-17(3)10-7-15-20-18-11-5-12-19(20)14-6-13-18/h8,17-19H,4-7,9-15H2,1-3H3/t17-,18?,19?/m1/s1. The van der Waals surface area contributed by atoms with Crippen molar-refractivity contribution in [2.45, 2.75) is 103 Å². The lowest BCUT2D eigenvalue weighted by Gasteiger charge is -2.40. The van der Waals surface area contributed by atoms with Gasteiger partial charge in [-0.1, -0.05) is 87.9 Å². The second-order valence-corrected chi connectivity index (χ2v) is 7.94. The summed E-state index contributed by atoms with van der Waals surface area (Å²) in [7, 11) is 0. The molecule has 1 atom stereocenters. The molecule has 2 aliphatic rings. The fourth-order valence-corrected chi connectivity index (χ4v) is 4.79. The van der Waals surface area contributed by atoms with Crippen molar-refractivity contribution in [2.24, 2.45) is 5.92 Å². The monoisotopic (exact) mass is 274 g/mol. The summed E-state index contributed by atoms with van der Waals surface area (Å²) in [5, 5.41) is 0. The molecule has 0 unspecified atom stereocenters. The summed E-state index contributed by atoms with van der Waals surface area (Å²) in [6.07, 6.45) is 18.9. The molecule has 2 saturated heterocycles. The van der Waals surface area contributed by atoms with Gasteiger partial charge in [0.1, 0.15) is 6.71 Å². The van der Waals surface area contributed by atoms with Gasteiger partial charge in [0.05, 0.1) is 0 Å². The molecule has 0 aliphatic carbocycles. The molecule has 2 heterocycles. The third kappa shape index (κ3) is 4.97. The summed E-state index contributed by atoms with van der Waals surface area (Å²) >= 11 is 0. The van der Waals surface area contributed by atoms with E-state index in [4.69, 9.17) is 0 Å². The van der Waals surface area contributed by atoms with E-state index in [1.165, 1.54) is 44.1 Å². The minimum absolute atomic E-state index is 0.925. The largest absolute Gasteiger partial charge is 0.146 e. The molecule has 2 rings (SSSR count). The number of fused-ring (bicyclic) bond motifs is 2. The molecule has 1 heteroatoms. The molecule has 0 nitrogen and oxygen atoms in total. The van der Waals surface area contributed by atoms with Crippen LogP contribution in [-0.2, 0) is 0 Å². The van der Waals surface area contributed by atoms with Gasteiger partial charge in [0.2, 0.25) is 0 Å². The van der Waals surface area contributed by atoms with E-state index in [1.807, 2.05) is 0 Å². The zero-order valence-electron chi connectivity index (χ0n) is 14.2. The maximum Gasteiger partial charge on any atom is 0.146 e. The third-order valence-corrected chi connectivity index (χ3v) is 5.96. The van der Waals surface area contributed by atoms with Crippen LogP contribution in [0.5, 0.6) is 0 Å². The van der Waals surface area contributed by atoms with E-state index < -0.39 is 0 Å². The Balaban J connectivity index is 1.63. The van der Waals surface area contributed by atoms with Crippen LogP contribution in [0.15, 0.2) is 11.6 Å². The molecule has 0 radical (unpaired) electrons. The predicted octanol–water partition coefficient (Wildman–Crippen LogP) is 6.75. The topological polar surface area (TPSA) is 0 Å². The van der Waals surface area contributed by atoms with Crippen LogP contribution in [0.1, 0.15) is 85.0 Å². The van der Waals surface area contributed by atoms with E-state index in [0.29, 0.717) is 0 Å². The summed E-state index contributed by atoms with van der Waals surface area (Å²) in [6, 6.07) is 0. The van der Waals surface area contributed by atoms with Gasteiger partial charge in [0.25, 0.3) is 0 Å². The van der Waals surface area contributed by atoms with Crippen molar-refractivity contribution in [1.29, 1.82) is 0 Å². The molecule has 114 valence electrons. The second kappa shape index (κ2) is 8.30. The first kappa shape index (κ1) is 16.2. The number of allylic oxidation sites excluding steroid dienone is 2. The Morgan fingerprint density at radius 3 is 2.20 bits per heavy atom. The van der Waals surface area contributed by atoms with E-state index in [2.05, 4.69) is 26.8 Å². The minimum atomic E-state index is 0.925. The van der Waals surface area contributed by atoms with Crippen molar-refractivity contribution in [1.82, 2.24) is 0 Å². The van der Waals surface area contributed by atoms with Gasteiger partial charge in [-0.3, -0.25) is 0 Å². The zero-order chi connectivity index (χ0) is 14.4. The van der Waals surface area contributed by atoms with Gasteiger partial charge >= 0.3 is 0 Å².